The van der Waals surface area contributed by atoms with E-state index >= 15 is 0 Å². The minimum absolute atomic E-state index is 0.447. The molecule has 0 saturated heterocycles. The number of nitrogens with zero attached hydrogens (tertiary/aromatic N) is 1. The van der Waals surface area contributed by atoms with Crippen LogP contribution in [0.3, 0.4) is 0 Å². The lowest BCUT2D eigenvalue weighted by Crippen LogP contribution is -2.11. The van der Waals surface area contributed by atoms with Crippen LogP contribution in [0.4, 0.5) is 5.13 Å². The number of carbonyl (C=O) groups excluding carboxylic acids is 1. The molecular weight excluding hydrogens is 210 g/mol. The van der Waals surface area contributed by atoms with Crippen LogP contribution in [-0.4, -0.2) is 10.9 Å². The fourth-order valence-electron chi connectivity index (χ4n) is 1.32. The highest BCUT2D eigenvalue weighted by Gasteiger charge is 2.10. The van der Waals surface area contributed by atoms with Crippen molar-refractivity contribution in [3.05, 3.63) is 36.0 Å². The van der Waals surface area contributed by atoms with Gasteiger partial charge in [0.25, 0.3) is 0 Å². The van der Waals surface area contributed by atoms with Crippen LogP contribution in [0.5, 0.6) is 0 Å². The second-order valence-corrected chi connectivity index (χ2v) is 4.03. The third kappa shape index (κ3) is 1.82. The highest BCUT2D eigenvalue weighted by molar-refractivity contribution is 7.18. The quantitative estimate of drug-likeness (QED) is 0.802. The molecular formula is C10H9N3OS. The van der Waals surface area contributed by atoms with Gasteiger partial charge in [-0.3, -0.25) is 4.79 Å². The molecule has 0 saturated carbocycles. The first kappa shape index (κ1) is 9.67. The minimum atomic E-state index is -0.447. The van der Waals surface area contributed by atoms with Crippen LogP contribution < -0.4 is 11.5 Å². The second-order valence-electron chi connectivity index (χ2n) is 2.97. The van der Waals surface area contributed by atoms with Crippen molar-refractivity contribution in [1.29, 1.82) is 0 Å². The molecule has 0 spiro atoms. The van der Waals surface area contributed by atoms with Crippen LogP contribution in [0.1, 0.15) is 10.4 Å². The lowest BCUT2D eigenvalue weighted by Gasteiger charge is -2.02. The van der Waals surface area contributed by atoms with E-state index in [1.54, 1.807) is 18.3 Å². The Morgan fingerprint density at radius 2 is 2.07 bits per heavy atom. The maximum Gasteiger partial charge on any atom is 0.249 e. The molecule has 4 nitrogen and oxygen atoms in total. The highest BCUT2D eigenvalue weighted by Crippen LogP contribution is 2.29. The predicted molar refractivity (Wildman–Crippen MR) is 60.5 cm³/mol. The van der Waals surface area contributed by atoms with Crippen molar-refractivity contribution in [1.82, 2.24) is 4.98 Å². The largest absolute Gasteiger partial charge is 0.375 e. The monoisotopic (exact) mass is 219 g/mol. The molecule has 1 amide bonds. The van der Waals surface area contributed by atoms with E-state index in [0.717, 1.165) is 10.4 Å². The van der Waals surface area contributed by atoms with Gasteiger partial charge in [0.15, 0.2) is 5.13 Å². The average molecular weight is 219 g/mol. The zero-order valence-corrected chi connectivity index (χ0v) is 8.62. The maximum absolute atomic E-state index is 11.2. The van der Waals surface area contributed by atoms with Gasteiger partial charge in [-0.2, -0.15) is 0 Å². The number of aromatic nitrogens is 1. The third-order valence-electron chi connectivity index (χ3n) is 1.98. The van der Waals surface area contributed by atoms with Gasteiger partial charge in [0.2, 0.25) is 5.91 Å². The average Bonchev–Trinajstić information content (AvgIpc) is 2.65. The summed E-state index contributed by atoms with van der Waals surface area (Å²) < 4.78 is 0. The molecule has 0 aliphatic rings. The summed E-state index contributed by atoms with van der Waals surface area (Å²) in [5, 5.41) is 0.476. The van der Waals surface area contributed by atoms with Gasteiger partial charge in [-0.05, 0) is 6.07 Å². The number of nitrogen functional groups attached to an aromatic ring is 1. The summed E-state index contributed by atoms with van der Waals surface area (Å²) in [6, 6.07) is 7.13. The molecule has 5 heteroatoms. The summed E-state index contributed by atoms with van der Waals surface area (Å²) in [5.74, 6) is -0.447. The summed E-state index contributed by atoms with van der Waals surface area (Å²) in [6.07, 6.45) is 1.64. The molecule has 2 aromatic rings. The number of primary amides is 1. The van der Waals surface area contributed by atoms with Gasteiger partial charge in [0.05, 0.1) is 4.88 Å². The Morgan fingerprint density at radius 3 is 2.67 bits per heavy atom. The molecule has 4 N–H and O–H groups in total. The Bertz CT molecular complexity index is 507. The Labute approximate surface area is 90.6 Å². The van der Waals surface area contributed by atoms with Gasteiger partial charge in [-0.25, -0.2) is 4.98 Å². The summed E-state index contributed by atoms with van der Waals surface area (Å²) in [6.45, 7) is 0. The minimum Gasteiger partial charge on any atom is -0.375 e. The van der Waals surface area contributed by atoms with Crippen LogP contribution in [0, 0.1) is 0 Å². The van der Waals surface area contributed by atoms with E-state index in [9.17, 15) is 4.79 Å². The molecule has 0 fully saturated rings. The Kier molecular flexibility index (Phi) is 2.39. The second kappa shape index (κ2) is 3.70. The number of amides is 1. The van der Waals surface area contributed by atoms with Crippen LogP contribution >= 0.6 is 11.3 Å². The SMILES string of the molecule is NC(=O)c1ccccc1-c1cnc(N)s1. The number of anilines is 1. The molecule has 0 radical (unpaired) electrons. The Hall–Kier alpha value is -1.88. The molecule has 0 unspecified atom stereocenters. The van der Waals surface area contributed by atoms with E-state index in [2.05, 4.69) is 4.98 Å². The zero-order valence-electron chi connectivity index (χ0n) is 7.81. The summed E-state index contributed by atoms with van der Waals surface area (Å²) in [4.78, 5) is 16.0. The molecule has 0 atom stereocenters. The molecule has 1 aromatic heterocycles. The molecule has 2 rings (SSSR count). The number of thiazole rings is 1. The first-order valence-electron chi connectivity index (χ1n) is 4.29. The van der Waals surface area contributed by atoms with Crippen LogP contribution in [0.2, 0.25) is 0 Å². The first-order chi connectivity index (χ1) is 7.18. The lowest BCUT2D eigenvalue weighted by molar-refractivity contribution is 0.100. The van der Waals surface area contributed by atoms with E-state index < -0.39 is 5.91 Å². The van der Waals surface area contributed by atoms with Crippen LogP contribution in [0.25, 0.3) is 10.4 Å². The van der Waals surface area contributed by atoms with Gasteiger partial charge in [-0.1, -0.05) is 29.5 Å². The standard InChI is InChI=1S/C10H9N3OS/c11-9(14)7-4-2-1-3-6(7)8-5-13-10(12)15-8/h1-5H,(H2,11,14)(H2,12,13). The van der Waals surface area contributed by atoms with E-state index in [-0.39, 0.29) is 0 Å². The van der Waals surface area contributed by atoms with Crippen molar-refractivity contribution >= 4 is 22.4 Å². The molecule has 0 aliphatic carbocycles. The molecule has 0 aliphatic heterocycles. The third-order valence-corrected chi connectivity index (χ3v) is 2.84. The van der Waals surface area contributed by atoms with E-state index in [1.165, 1.54) is 11.3 Å². The van der Waals surface area contributed by atoms with Crippen molar-refractivity contribution < 1.29 is 4.79 Å². The van der Waals surface area contributed by atoms with Gasteiger partial charge < -0.3 is 11.5 Å². The normalized spacial score (nSPS) is 10.1. The van der Waals surface area contributed by atoms with Gasteiger partial charge in [0, 0.05) is 17.3 Å². The van der Waals surface area contributed by atoms with Crippen LogP contribution in [-0.2, 0) is 0 Å². The van der Waals surface area contributed by atoms with Crippen LogP contribution in [0.15, 0.2) is 30.5 Å². The van der Waals surface area contributed by atoms with Gasteiger partial charge in [-0.15, -0.1) is 0 Å². The zero-order chi connectivity index (χ0) is 10.8. The smallest absolute Gasteiger partial charge is 0.249 e. The van der Waals surface area contributed by atoms with Crippen molar-refractivity contribution in [3.63, 3.8) is 0 Å². The Balaban J connectivity index is 2.57. The molecule has 76 valence electrons. The van der Waals surface area contributed by atoms with E-state index in [4.69, 9.17) is 11.5 Å². The number of benzene rings is 1. The summed E-state index contributed by atoms with van der Waals surface area (Å²) in [5.41, 5.74) is 12.1. The fraction of sp³-hybridized carbons (Fsp3) is 0. The predicted octanol–water partition coefficient (Wildman–Crippen LogP) is 1.49. The van der Waals surface area contributed by atoms with E-state index in [1.807, 2.05) is 12.1 Å². The molecule has 1 aromatic carbocycles. The number of hydrogen-bond donors (Lipinski definition) is 2. The number of hydrogen-bond acceptors (Lipinski definition) is 4. The number of carbonyl (C=O) groups is 1. The van der Waals surface area contributed by atoms with Gasteiger partial charge >= 0.3 is 0 Å². The lowest BCUT2D eigenvalue weighted by atomic mass is 10.1. The summed E-state index contributed by atoms with van der Waals surface area (Å²) in [7, 11) is 0. The fourth-order valence-corrected chi connectivity index (χ4v) is 2.05. The summed E-state index contributed by atoms with van der Waals surface area (Å²) >= 11 is 1.33. The molecule has 15 heavy (non-hydrogen) atoms. The van der Waals surface area contributed by atoms with Crippen molar-refractivity contribution in [2.24, 2.45) is 5.73 Å². The molecule has 0 bridgehead atoms. The highest BCUT2D eigenvalue weighted by atomic mass is 32.1. The topological polar surface area (TPSA) is 82.0 Å². The van der Waals surface area contributed by atoms with Crippen molar-refractivity contribution in [2.45, 2.75) is 0 Å². The molecule has 1 heterocycles. The van der Waals surface area contributed by atoms with Crippen molar-refractivity contribution in [3.8, 4) is 10.4 Å². The first-order valence-corrected chi connectivity index (χ1v) is 5.10. The van der Waals surface area contributed by atoms with E-state index in [0.29, 0.717) is 10.7 Å². The maximum atomic E-state index is 11.2. The number of rotatable bonds is 2. The Morgan fingerprint density at radius 1 is 1.33 bits per heavy atom. The number of nitrogens with two attached hydrogens (primary N) is 2. The van der Waals surface area contributed by atoms with Crippen molar-refractivity contribution in [2.75, 3.05) is 5.73 Å². The van der Waals surface area contributed by atoms with Gasteiger partial charge in [0.1, 0.15) is 0 Å².